The third-order valence-corrected chi connectivity index (χ3v) is 3.33. The lowest BCUT2D eigenvalue weighted by Gasteiger charge is -2.08. The van der Waals surface area contributed by atoms with Gasteiger partial charge in [-0.1, -0.05) is 15.9 Å². The number of ether oxygens (including phenoxy) is 1. The molecule has 2 rings (SSSR count). The third kappa shape index (κ3) is 3.36. The Kier molecular flexibility index (Phi) is 4.39. The third-order valence-electron chi connectivity index (χ3n) is 2.84. The predicted molar refractivity (Wildman–Crippen MR) is 78.8 cm³/mol. The Balaban J connectivity index is 2.10. The summed E-state index contributed by atoms with van der Waals surface area (Å²) in [5.41, 5.74) is 7.68. The van der Waals surface area contributed by atoms with Gasteiger partial charge in [0.15, 0.2) is 0 Å². The first kappa shape index (κ1) is 14.5. The Labute approximate surface area is 124 Å². The summed E-state index contributed by atoms with van der Waals surface area (Å²) < 4.78 is 19.4. The molecule has 0 spiro atoms. The van der Waals surface area contributed by atoms with Crippen LogP contribution in [0.2, 0.25) is 0 Å². The lowest BCUT2D eigenvalue weighted by atomic mass is 10.1. The first-order valence-corrected chi connectivity index (χ1v) is 6.74. The largest absolute Gasteiger partial charge is 0.457 e. The minimum Gasteiger partial charge on any atom is -0.457 e. The van der Waals surface area contributed by atoms with Crippen molar-refractivity contribution in [2.45, 2.75) is 13.5 Å². The molecule has 0 aliphatic rings. The molecule has 0 aliphatic heterocycles. The van der Waals surface area contributed by atoms with Gasteiger partial charge in [-0.25, -0.2) is 9.18 Å². The number of nitrogens with two attached hydrogens (primary N) is 1. The molecular formula is C15H13BrFNO2. The van der Waals surface area contributed by atoms with Gasteiger partial charge in [0.2, 0.25) is 0 Å². The summed E-state index contributed by atoms with van der Waals surface area (Å²) >= 11 is 3.25. The van der Waals surface area contributed by atoms with Gasteiger partial charge in [-0.15, -0.1) is 0 Å². The van der Waals surface area contributed by atoms with Crippen LogP contribution in [0.5, 0.6) is 0 Å². The van der Waals surface area contributed by atoms with Gasteiger partial charge < -0.3 is 10.5 Å². The summed E-state index contributed by atoms with van der Waals surface area (Å²) in [6.07, 6.45) is 0. The molecule has 0 aromatic heterocycles. The Morgan fingerprint density at radius 1 is 1.30 bits per heavy atom. The highest BCUT2D eigenvalue weighted by Gasteiger charge is 2.12. The molecule has 0 heterocycles. The highest BCUT2D eigenvalue weighted by Crippen LogP contribution is 2.18. The Hall–Kier alpha value is -1.88. The second-order valence-electron chi connectivity index (χ2n) is 4.39. The van der Waals surface area contributed by atoms with E-state index in [2.05, 4.69) is 15.9 Å². The molecule has 2 aromatic carbocycles. The number of hydrogen-bond acceptors (Lipinski definition) is 3. The number of benzene rings is 2. The fraction of sp³-hybridized carbons (Fsp3) is 0.133. The van der Waals surface area contributed by atoms with Gasteiger partial charge in [0, 0.05) is 15.7 Å². The summed E-state index contributed by atoms with van der Waals surface area (Å²) in [4.78, 5) is 11.9. The average Bonchev–Trinajstić information content (AvgIpc) is 2.39. The zero-order valence-electron chi connectivity index (χ0n) is 10.8. The number of anilines is 1. The van der Waals surface area contributed by atoms with Crippen molar-refractivity contribution in [3.05, 3.63) is 63.4 Å². The second kappa shape index (κ2) is 6.05. The number of carbonyl (C=O) groups is 1. The number of hydrogen-bond donors (Lipinski definition) is 1. The van der Waals surface area contributed by atoms with Crippen LogP contribution in [0.4, 0.5) is 10.1 Å². The molecule has 104 valence electrons. The van der Waals surface area contributed by atoms with Crippen LogP contribution >= 0.6 is 15.9 Å². The van der Waals surface area contributed by atoms with Crippen LogP contribution in [0.3, 0.4) is 0 Å². The Morgan fingerprint density at radius 3 is 2.75 bits per heavy atom. The van der Waals surface area contributed by atoms with E-state index in [0.29, 0.717) is 16.8 Å². The molecule has 0 saturated carbocycles. The number of rotatable bonds is 3. The number of nitrogen functional groups attached to an aromatic ring is 1. The van der Waals surface area contributed by atoms with E-state index in [9.17, 15) is 9.18 Å². The van der Waals surface area contributed by atoms with Gasteiger partial charge in [0.1, 0.15) is 12.4 Å². The first-order valence-electron chi connectivity index (χ1n) is 5.94. The molecule has 0 aliphatic carbocycles. The minimum absolute atomic E-state index is 0.117. The molecule has 0 fully saturated rings. The molecular weight excluding hydrogens is 325 g/mol. The van der Waals surface area contributed by atoms with Crippen LogP contribution < -0.4 is 5.73 Å². The fourth-order valence-corrected chi connectivity index (χ4v) is 2.20. The van der Waals surface area contributed by atoms with Crippen molar-refractivity contribution in [1.82, 2.24) is 0 Å². The summed E-state index contributed by atoms with van der Waals surface area (Å²) in [6, 6.07) is 9.41. The fourth-order valence-electron chi connectivity index (χ4n) is 1.79. The lowest BCUT2D eigenvalue weighted by molar-refractivity contribution is 0.0468. The van der Waals surface area contributed by atoms with Gasteiger partial charge in [0.25, 0.3) is 0 Å². The van der Waals surface area contributed by atoms with Gasteiger partial charge in [0.05, 0.1) is 5.56 Å². The van der Waals surface area contributed by atoms with E-state index in [4.69, 9.17) is 10.5 Å². The summed E-state index contributed by atoms with van der Waals surface area (Å²) in [5, 5.41) is 0. The molecule has 5 heteroatoms. The minimum atomic E-state index is -0.498. The van der Waals surface area contributed by atoms with Crippen molar-refractivity contribution in [3.63, 3.8) is 0 Å². The van der Waals surface area contributed by atoms with Crippen LogP contribution in [0.25, 0.3) is 0 Å². The molecule has 2 aromatic rings. The second-order valence-corrected chi connectivity index (χ2v) is 5.30. The van der Waals surface area contributed by atoms with E-state index < -0.39 is 11.8 Å². The van der Waals surface area contributed by atoms with Crippen LogP contribution in [0, 0.1) is 12.7 Å². The molecule has 3 nitrogen and oxygen atoms in total. The molecule has 0 saturated heterocycles. The standard InChI is InChI=1S/C15H13BrFNO2/c1-9-6-12(18)3-4-13(9)15(19)20-8-10-7-11(16)2-5-14(10)17/h2-7H,8,18H2,1H3. The lowest BCUT2D eigenvalue weighted by Crippen LogP contribution is -2.08. The van der Waals surface area contributed by atoms with Crippen LogP contribution in [-0.4, -0.2) is 5.97 Å². The maximum Gasteiger partial charge on any atom is 0.338 e. The smallest absolute Gasteiger partial charge is 0.338 e. The first-order chi connectivity index (χ1) is 9.47. The SMILES string of the molecule is Cc1cc(N)ccc1C(=O)OCc1cc(Br)ccc1F. The van der Waals surface area contributed by atoms with E-state index in [1.165, 1.54) is 6.07 Å². The van der Waals surface area contributed by atoms with Crippen molar-refractivity contribution >= 4 is 27.6 Å². The number of carbonyl (C=O) groups excluding carboxylic acids is 1. The van der Waals surface area contributed by atoms with Crippen LogP contribution in [0.1, 0.15) is 21.5 Å². The predicted octanol–water partition coefficient (Wildman–Crippen LogP) is 3.84. The van der Waals surface area contributed by atoms with Gasteiger partial charge in [-0.3, -0.25) is 0 Å². The van der Waals surface area contributed by atoms with E-state index in [-0.39, 0.29) is 6.61 Å². The summed E-state index contributed by atoms with van der Waals surface area (Å²) in [6.45, 7) is 1.65. The van der Waals surface area contributed by atoms with Crippen molar-refractivity contribution in [2.24, 2.45) is 0 Å². The van der Waals surface area contributed by atoms with E-state index in [0.717, 1.165) is 10.0 Å². The number of esters is 1. The molecule has 0 unspecified atom stereocenters. The van der Waals surface area contributed by atoms with Crippen molar-refractivity contribution in [1.29, 1.82) is 0 Å². The monoisotopic (exact) mass is 337 g/mol. The highest BCUT2D eigenvalue weighted by atomic mass is 79.9. The maximum atomic E-state index is 13.5. The number of aryl methyl sites for hydroxylation is 1. The topological polar surface area (TPSA) is 52.3 Å². The van der Waals surface area contributed by atoms with Gasteiger partial charge >= 0.3 is 5.97 Å². The molecule has 2 N–H and O–H groups in total. The van der Waals surface area contributed by atoms with Crippen LogP contribution in [0.15, 0.2) is 40.9 Å². The Bertz CT molecular complexity index is 658. The van der Waals surface area contributed by atoms with E-state index in [1.807, 2.05) is 0 Å². The highest BCUT2D eigenvalue weighted by molar-refractivity contribution is 9.10. The van der Waals surface area contributed by atoms with Crippen LogP contribution in [-0.2, 0) is 11.3 Å². The molecule has 20 heavy (non-hydrogen) atoms. The van der Waals surface area contributed by atoms with Crippen molar-refractivity contribution in [2.75, 3.05) is 5.73 Å². The molecule has 0 bridgehead atoms. The van der Waals surface area contributed by atoms with E-state index in [1.54, 1.807) is 37.3 Å². The molecule has 0 radical (unpaired) electrons. The normalized spacial score (nSPS) is 10.3. The number of halogens is 2. The van der Waals surface area contributed by atoms with Gasteiger partial charge in [-0.05, 0) is 48.9 Å². The van der Waals surface area contributed by atoms with Gasteiger partial charge in [-0.2, -0.15) is 0 Å². The average molecular weight is 338 g/mol. The Morgan fingerprint density at radius 2 is 2.05 bits per heavy atom. The summed E-state index contributed by atoms with van der Waals surface area (Å²) in [7, 11) is 0. The quantitative estimate of drug-likeness (QED) is 0.683. The molecule has 0 atom stereocenters. The zero-order valence-corrected chi connectivity index (χ0v) is 12.4. The maximum absolute atomic E-state index is 13.5. The van der Waals surface area contributed by atoms with E-state index >= 15 is 0 Å². The zero-order chi connectivity index (χ0) is 14.7. The molecule has 0 amide bonds. The van der Waals surface area contributed by atoms with Crippen molar-refractivity contribution < 1.29 is 13.9 Å². The summed E-state index contributed by atoms with van der Waals surface area (Å²) in [5.74, 6) is -0.906. The van der Waals surface area contributed by atoms with Crippen molar-refractivity contribution in [3.8, 4) is 0 Å².